The summed E-state index contributed by atoms with van der Waals surface area (Å²) in [7, 11) is 1.51. The third-order valence-corrected chi connectivity index (χ3v) is 3.17. The average molecular weight is 237 g/mol. The van der Waals surface area contributed by atoms with E-state index in [4.69, 9.17) is 0 Å². The van der Waals surface area contributed by atoms with Gasteiger partial charge in [0.15, 0.2) is 0 Å². The SMILES string of the molecule is CC(=O)N(C)C(=O)CSCc1ccccc1. The number of rotatable bonds is 4. The van der Waals surface area contributed by atoms with Gasteiger partial charge in [0.1, 0.15) is 0 Å². The van der Waals surface area contributed by atoms with E-state index >= 15 is 0 Å². The molecule has 0 unspecified atom stereocenters. The van der Waals surface area contributed by atoms with Crippen molar-refractivity contribution in [2.45, 2.75) is 12.7 Å². The predicted octanol–water partition coefficient (Wildman–Crippen LogP) is 1.92. The summed E-state index contributed by atoms with van der Waals surface area (Å²) in [4.78, 5) is 23.5. The van der Waals surface area contributed by atoms with E-state index in [9.17, 15) is 9.59 Å². The Balaban J connectivity index is 2.31. The van der Waals surface area contributed by atoms with Crippen LogP contribution in [0.1, 0.15) is 12.5 Å². The van der Waals surface area contributed by atoms with Gasteiger partial charge in [0, 0.05) is 19.7 Å². The van der Waals surface area contributed by atoms with E-state index in [1.807, 2.05) is 30.3 Å². The Hall–Kier alpha value is -1.29. The summed E-state index contributed by atoms with van der Waals surface area (Å²) >= 11 is 1.52. The van der Waals surface area contributed by atoms with Crippen LogP contribution in [0.3, 0.4) is 0 Å². The van der Waals surface area contributed by atoms with Gasteiger partial charge in [0.25, 0.3) is 0 Å². The minimum atomic E-state index is -0.217. The number of hydrogen-bond donors (Lipinski definition) is 0. The molecule has 16 heavy (non-hydrogen) atoms. The lowest BCUT2D eigenvalue weighted by atomic mass is 10.2. The van der Waals surface area contributed by atoms with E-state index in [1.54, 1.807) is 0 Å². The molecule has 0 aromatic heterocycles. The van der Waals surface area contributed by atoms with Gasteiger partial charge in [-0.25, -0.2) is 0 Å². The molecule has 0 saturated carbocycles. The molecule has 0 aliphatic carbocycles. The number of imide groups is 1. The first-order chi connectivity index (χ1) is 7.61. The number of carbonyl (C=O) groups excluding carboxylic acids is 2. The predicted molar refractivity (Wildman–Crippen MR) is 66.1 cm³/mol. The standard InChI is InChI=1S/C12H15NO2S/c1-10(14)13(2)12(15)9-16-8-11-6-4-3-5-7-11/h3-7H,8-9H2,1-2H3. The number of hydrogen-bond acceptors (Lipinski definition) is 3. The molecular weight excluding hydrogens is 222 g/mol. The molecule has 0 fully saturated rings. The summed E-state index contributed by atoms with van der Waals surface area (Å²) in [6.45, 7) is 1.39. The molecule has 0 N–H and O–H groups in total. The van der Waals surface area contributed by atoms with Gasteiger partial charge in [-0.15, -0.1) is 11.8 Å². The first kappa shape index (κ1) is 12.8. The fraction of sp³-hybridized carbons (Fsp3) is 0.333. The Labute approximate surface area is 99.8 Å². The first-order valence-corrected chi connectivity index (χ1v) is 6.15. The highest BCUT2D eigenvalue weighted by atomic mass is 32.2. The molecule has 0 aliphatic heterocycles. The van der Waals surface area contributed by atoms with E-state index in [1.165, 1.54) is 31.3 Å². The molecule has 3 nitrogen and oxygen atoms in total. The van der Waals surface area contributed by atoms with Crippen molar-refractivity contribution in [3.05, 3.63) is 35.9 Å². The Kier molecular flexibility index (Phi) is 5.05. The van der Waals surface area contributed by atoms with Crippen molar-refractivity contribution in [3.8, 4) is 0 Å². The zero-order valence-corrected chi connectivity index (χ0v) is 10.3. The number of benzene rings is 1. The number of nitrogens with zero attached hydrogens (tertiary/aromatic N) is 1. The monoisotopic (exact) mass is 237 g/mol. The van der Waals surface area contributed by atoms with Crippen molar-refractivity contribution >= 4 is 23.6 Å². The van der Waals surface area contributed by atoms with E-state index in [0.29, 0.717) is 5.75 Å². The lowest BCUT2D eigenvalue weighted by Crippen LogP contribution is -2.32. The maximum Gasteiger partial charge on any atom is 0.238 e. The van der Waals surface area contributed by atoms with Gasteiger partial charge in [-0.3, -0.25) is 14.5 Å². The molecule has 0 aliphatic rings. The highest BCUT2D eigenvalue weighted by Crippen LogP contribution is 2.11. The molecule has 0 spiro atoms. The minimum Gasteiger partial charge on any atom is -0.285 e. The Morgan fingerprint density at radius 2 is 1.88 bits per heavy atom. The van der Waals surface area contributed by atoms with Crippen molar-refractivity contribution in [2.24, 2.45) is 0 Å². The Morgan fingerprint density at radius 3 is 2.44 bits per heavy atom. The third kappa shape index (κ3) is 4.06. The zero-order valence-electron chi connectivity index (χ0n) is 9.47. The molecule has 2 amide bonds. The fourth-order valence-corrected chi connectivity index (χ4v) is 2.00. The van der Waals surface area contributed by atoms with Crippen molar-refractivity contribution in [2.75, 3.05) is 12.8 Å². The van der Waals surface area contributed by atoms with E-state index in [0.717, 1.165) is 10.7 Å². The summed E-state index contributed by atoms with van der Waals surface area (Å²) < 4.78 is 0. The molecule has 1 rings (SSSR count). The van der Waals surface area contributed by atoms with E-state index in [2.05, 4.69) is 0 Å². The number of carbonyl (C=O) groups is 2. The van der Waals surface area contributed by atoms with Crippen LogP contribution < -0.4 is 0 Å². The van der Waals surface area contributed by atoms with Crippen LogP contribution in [0.25, 0.3) is 0 Å². The normalized spacial score (nSPS) is 9.88. The Bertz CT molecular complexity index is 365. The van der Waals surface area contributed by atoms with Gasteiger partial charge in [-0.05, 0) is 5.56 Å². The second kappa shape index (κ2) is 6.33. The van der Waals surface area contributed by atoms with Gasteiger partial charge in [0.2, 0.25) is 11.8 Å². The van der Waals surface area contributed by atoms with Gasteiger partial charge in [0.05, 0.1) is 5.75 Å². The highest BCUT2D eigenvalue weighted by Gasteiger charge is 2.11. The quantitative estimate of drug-likeness (QED) is 0.803. The average Bonchev–Trinajstić information content (AvgIpc) is 2.29. The summed E-state index contributed by atoms with van der Waals surface area (Å²) in [6.07, 6.45) is 0. The third-order valence-electron chi connectivity index (χ3n) is 2.18. The van der Waals surface area contributed by atoms with Gasteiger partial charge in [-0.1, -0.05) is 30.3 Å². The molecule has 0 saturated heterocycles. The maximum absolute atomic E-state index is 11.5. The van der Waals surface area contributed by atoms with Crippen molar-refractivity contribution in [1.82, 2.24) is 4.90 Å². The van der Waals surface area contributed by atoms with Crippen LogP contribution in [0, 0.1) is 0 Å². The van der Waals surface area contributed by atoms with Gasteiger partial charge in [-0.2, -0.15) is 0 Å². The molecule has 0 atom stereocenters. The number of amides is 2. The summed E-state index contributed by atoms with van der Waals surface area (Å²) in [5, 5.41) is 0. The van der Waals surface area contributed by atoms with Crippen LogP contribution in [0.2, 0.25) is 0 Å². The smallest absolute Gasteiger partial charge is 0.238 e. The topological polar surface area (TPSA) is 37.4 Å². The molecule has 0 heterocycles. The summed E-state index contributed by atoms with van der Waals surface area (Å²) in [5.74, 6) is 0.766. The lowest BCUT2D eigenvalue weighted by Gasteiger charge is -2.12. The fourth-order valence-electron chi connectivity index (χ4n) is 1.10. The molecule has 4 heteroatoms. The zero-order chi connectivity index (χ0) is 12.0. The largest absolute Gasteiger partial charge is 0.285 e. The van der Waals surface area contributed by atoms with Crippen LogP contribution in [0.4, 0.5) is 0 Å². The van der Waals surface area contributed by atoms with Crippen LogP contribution in [-0.4, -0.2) is 29.5 Å². The Morgan fingerprint density at radius 1 is 1.25 bits per heavy atom. The van der Waals surface area contributed by atoms with Crippen molar-refractivity contribution in [1.29, 1.82) is 0 Å². The van der Waals surface area contributed by atoms with E-state index < -0.39 is 0 Å². The summed E-state index contributed by atoms with van der Waals surface area (Å²) in [5.41, 5.74) is 1.19. The van der Waals surface area contributed by atoms with Gasteiger partial charge < -0.3 is 0 Å². The molecule has 0 bridgehead atoms. The minimum absolute atomic E-state index is 0.145. The number of thioether (sulfide) groups is 1. The van der Waals surface area contributed by atoms with Crippen LogP contribution >= 0.6 is 11.8 Å². The van der Waals surface area contributed by atoms with Crippen LogP contribution in [0.5, 0.6) is 0 Å². The second-order valence-electron chi connectivity index (χ2n) is 3.45. The summed E-state index contributed by atoms with van der Waals surface area (Å²) in [6, 6.07) is 9.94. The maximum atomic E-state index is 11.5. The molecule has 1 aromatic carbocycles. The molecule has 1 aromatic rings. The van der Waals surface area contributed by atoms with E-state index in [-0.39, 0.29) is 11.8 Å². The molecular formula is C12H15NO2S. The van der Waals surface area contributed by atoms with Crippen molar-refractivity contribution < 1.29 is 9.59 Å². The molecule has 0 radical (unpaired) electrons. The van der Waals surface area contributed by atoms with Crippen molar-refractivity contribution in [3.63, 3.8) is 0 Å². The first-order valence-electron chi connectivity index (χ1n) is 5.00. The van der Waals surface area contributed by atoms with Crippen LogP contribution in [-0.2, 0) is 15.3 Å². The van der Waals surface area contributed by atoms with Crippen LogP contribution in [0.15, 0.2) is 30.3 Å². The second-order valence-corrected chi connectivity index (χ2v) is 4.44. The lowest BCUT2D eigenvalue weighted by molar-refractivity contribution is -0.140. The van der Waals surface area contributed by atoms with Gasteiger partial charge >= 0.3 is 0 Å². The molecule has 86 valence electrons. The highest BCUT2D eigenvalue weighted by molar-refractivity contribution is 7.99.